The van der Waals surface area contributed by atoms with Gasteiger partial charge in [0.2, 0.25) is 5.91 Å². The van der Waals surface area contributed by atoms with E-state index < -0.39 is 0 Å². The lowest BCUT2D eigenvalue weighted by Crippen LogP contribution is -2.49. The molecule has 0 aliphatic heterocycles. The van der Waals surface area contributed by atoms with Crippen molar-refractivity contribution in [3.8, 4) is 0 Å². The van der Waals surface area contributed by atoms with Crippen molar-refractivity contribution in [3.63, 3.8) is 0 Å². The Bertz CT molecular complexity index is 234. The second-order valence-electron chi connectivity index (χ2n) is 5.44. The molecule has 0 radical (unpaired) electrons. The molecule has 4 heteroatoms. The van der Waals surface area contributed by atoms with Crippen LogP contribution in [0.5, 0.6) is 0 Å². The van der Waals surface area contributed by atoms with E-state index in [2.05, 4.69) is 44.1 Å². The van der Waals surface area contributed by atoms with Crippen molar-refractivity contribution in [2.24, 2.45) is 5.92 Å². The maximum atomic E-state index is 12.0. The normalized spacial score (nSPS) is 18.8. The minimum atomic E-state index is -0.165. The highest BCUT2D eigenvalue weighted by molar-refractivity contribution is 9.09. The van der Waals surface area contributed by atoms with Gasteiger partial charge in [-0.3, -0.25) is 4.79 Å². The molecule has 100 valence electrons. The van der Waals surface area contributed by atoms with Gasteiger partial charge in [0.25, 0.3) is 0 Å². The molecule has 1 N–H and O–H groups in total. The van der Waals surface area contributed by atoms with Gasteiger partial charge in [-0.25, -0.2) is 0 Å². The molecule has 17 heavy (non-hydrogen) atoms. The number of halogens is 2. The molecule has 1 aliphatic carbocycles. The van der Waals surface area contributed by atoms with Crippen LogP contribution in [0.25, 0.3) is 0 Å². The summed E-state index contributed by atoms with van der Waals surface area (Å²) in [6.07, 6.45) is 8.45. The number of alkyl halides is 2. The van der Waals surface area contributed by atoms with E-state index in [9.17, 15) is 4.79 Å². The lowest BCUT2D eigenvalue weighted by atomic mass is 9.95. The zero-order valence-corrected chi connectivity index (χ0v) is 13.8. The first-order chi connectivity index (χ1) is 8.09. The third kappa shape index (κ3) is 5.73. The van der Waals surface area contributed by atoms with Crippen LogP contribution < -0.4 is 5.32 Å². The molecule has 0 unspecified atom stereocenters. The first-order valence-corrected chi connectivity index (χ1v) is 8.77. The fourth-order valence-electron chi connectivity index (χ4n) is 2.32. The fraction of sp³-hybridized carbons (Fsp3) is 0.923. The van der Waals surface area contributed by atoms with Gasteiger partial charge in [0.15, 0.2) is 0 Å². The lowest BCUT2D eigenvalue weighted by molar-refractivity contribution is -0.123. The van der Waals surface area contributed by atoms with Crippen LogP contribution in [-0.4, -0.2) is 22.1 Å². The topological polar surface area (TPSA) is 29.1 Å². The Morgan fingerprint density at radius 2 is 1.71 bits per heavy atom. The smallest absolute Gasteiger partial charge is 0.220 e. The van der Waals surface area contributed by atoms with E-state index in [1.54, 1.807) is 0 Å². The van der Waals surface area contributed by atoms with Gasteiger partial charge in [-0.05, 0) is 25.7 Å². The minimum Gasteiger partial charge on any atom is -0.349 e. The SMILES string of the molecule is CC(CBr)(CBr)NC(=O)CC1CCCCCC1. The van der Waals surface area contributed by atoms with E-state index in [1.165, 1.54) is 38.5 Å². The van der Waals surface area contributed by atoms with Crippen LogP contribution in [0.15, 0.2) is 0 Å². The Morgan fingerprint density at radius 1 is 1.18 bits per heavy atom. The molecule has 0 atom stereocenters. The number of carbonyl (C=O) groups is 1. The van der Waals surface area contributed by atoms with Gasteiger partial charge >= 0.3 is 0 Å². The number of hydrogen-bond acceptors (Lipinski definition) is 1. The Kier molecular flexibility index (Phi) is 7.08. The molecule has 0 aromatic heterocycles. The molecule has 1 rings (SSSR count). The van der Waals surface area contributed by atoms with Crippen molar-refractivity contribution in [1.29, 1.82) is 0 Å². The van der Waals surface area contributed by atoms with Crippen LogP contribution in [0.3, 0.4) is 0 Å². The van der Waals surface area contributed by atoms with Crippen molar-refractivity contribution < 1.29 is 4.79 Å². The molecular formula is C13H23Br2NO. The molecule has 0 spiro atoms. The average molecular weight is 369 g/mol. The summed E-state index contributed by atoms with van der Waals surface area (Å²) < 4.78 is 0. The molecule has 1 saturated carbocycles. The Morgan fingerprint density at radius 3 is 2.18 bits per heavy atom. The maximum absolute atomic E-state index is 12.0. The summed E-state index contributed by atoms with van der Waals surface area (Å²) in [5, 5.41) is 4.69. The highest BCUT2D eigenvalue weighted by atomic mass is 79.9. The van der Waals surface area contributed by atoms with E-state index in [0.29, 0.717) is 12.3 Å². The summed E-state index contributed by atoms with van der Waals surface area (Å²) in [4.78, 5) is 12.0. The monoisotopic (exact) mass is 367 g/mol. The van der Waals surface area contributed by atoms with Crippen molar-refractivity contribution in [2.45, 2.75) is 57.4 Å². The quantitative estimate of drug-likeness (QED) is 0.576. The fourth-order valence-corrected chi connectivity index (χ4v) is 3.53. The molecule has 2 nitrogen and oxygen atoms in total. The predicted molar refractivity (Wildman–Crippen MR) is 79.9 cm³/mol. The van der Waals surface area contributed by atoms with Crippen molar-refractivity contribution in [2.75, 3.05) is 10.7 Å². The highest BCUT2D eigenvalue weighted by Crippen LogP contribution is 2.25. The maximum Gasteiger partial charge on any atom is 0.220 e. The number of amides is 1. The number of rotatable bonds is 5. The second kappa shape index (κ2) is 7.78. The number of nitrogens with one attached hydrogen (secondary N) is 1. The second-order valence-corrected chi connectivity index (χ2v) is 6.56. The van der Waals surface area contributed by atoms with Gasteiger partial charge in [-0.2, -0.15) is 0 Å². The van der Waals surface area contributed by atoms with Crippen molar-refractivity contribution >= 4 is 37.8 Å². The van der Waals surface area contributed by atoms with Crippen LogP contribution in [0, 0.1) is 5.92 Å². The molecule has 1 amide bonds. The third-order valence-electron chi connectivity index (χ3n) is 3.48. The zero-order valence-electron chi connectivity index (χ0n) is 10.6. The lowest BCUT2D eigenvalue weighted by Gasteiger charge is -2.27. The summed E-state index contributed by atoms with van der Waals surface area (Å²) >= 11 is 6.91. The van der Waals surface area contributed by atoms with Crippen molar-refractivity contribution in [3.05, 3.63) is 0 Å². The van der Waals surface area contributed by atoms with Gasteiger partial charge in [0.05, 0.1) is 5.54 Å². The van der Waals surface area contributed by atoms with E-state index in [0.717, 1.165) is 10.7 Å². The van der Waals surface area contributed by atoms with Crippen LogP contribution in [0.1, 0.15) is 51.9 Å². The molecule has 0 aromatic rings. The summed E-state index contributed by atoms with van der Waals surface area (Å²) in [7, 11) is 0. The zero-order chi connectivity index (χ0) is 12.7. The average Bonchev–Trinajstić information content (AvgIpc) is 2.57. The summed E-state index contributed by atoms with van der Waals surface area (Å²) in [5.74, 6) is 0.811. The predicted octanol–water partition coefficient (Wildman–Crippen LogP) is 4.01. The van der Waals surface area contributed by atoms with Crippen LogP contribution in [0.4, 0.5) is 0 Å². The van der Waals surface area contributed by atoms with Gasteiger partial charge in [-0.1, -0.05) is 57.5 Å². The molecule has 0 heterocycles. The van der Waals surface area contributed by atoms with E-state index in [1.807, 2.05) is 0 Å². The van der Waals surface area contributed by atoms with E-state index in [-0.39, 0.29) is 11.4 Å². The van der Waals surface area contributed by atoms with Gasteiger partial charge < -0.3 is 5.32 Å². The standard InChI is InChI=1S/C13H23Br2NO/c1-13(9-14,10-15)16-12(17)8-11-6-4-2-3-5-7-11/h11H,2-10H2,1H3,(H,16,17). The number of hydrogen-bond donors (Lipinski definition) is 1. The van der Waals surface area contributed by atoms with Gasteiger partial charge in [0, 0.05) is 17.1 Å². The van der Waals surface area contributed by atoms with Crippen LogP contribution in [-0.2, 0) is 4.79 Å². The van der Waals surface area contributed by atoms with Crippen molar-refractivity contribution in [1.82, 2.24) is 5.32 Å². The van der Waals surface area contributed by atoms with Gasteiger partial charge in [-0.15, -0.1) is 0 Å². The van der Waals surface area contributed by atoms with E-state index in [4.69, 9.17) is 0 Å². The first-order valence-electron chi connectivity index (χ1n) is 6.52. The number of carbonyl (C=O) groups excluding carboxylic acids is 1. The highest BCUT2D eigenvalue weighted by Gasteiger charge is 2.25. The first kappa shape index (κ1) is 15.5. The summed E-state index contributed by atoms with van der Waals surface area (Å²) in [6, 6.07) is 0. The van der Waals surface area contributed by atoms with Crippen LogP contribution >= 0.6 is 31.9 Å². The largest absolute Gasteiger partial charge is 0.349 e. The summed E-state index contributed by atoms with van der Waals surface area (Å²) in [6.45, 7) is 2.06. The van der Waals surface area contributed by atoms with Crippen LogP contribution in [0.2, 0.25) is 0 Å². The molecule has 1 fully saturated rings. The van der Waals surface area contributed by atoms with Gasteiger partial charge in [0.1, 0.15) is 0 Å². The minimum absolute atomic E-state index is 0.165. The molecule has 0 bridgehead atoms. The molecular weight excluding hydrogens is 346 g/mol. The molecule has 0 saturated heterocycles. The molecule has 1 aliphatic rings. The Hall–Kier alpha value is 0.430. The Labute approximate surface area is 122 Å². The Balaban J connectivity index is 2.37. The van der Waals surface area contributed by atoms with E-state index >= 15 is 0 Å². The molecule has 0 aromatic carbocycles. The summed E-state index contributed by atoms with van der Waals surface area (Å²) in [5.41, 5.74) is -0.165. The third-order valence-corrected chi connectivity index (χ3v) is 5.96.